The van der Waals surface area contributed by atoms with Crippen molar-refractivity contribution in [1.29, 1.82) is 0 Å². The predicted octanol–water partition coefficient (Wildman–Crippen LogP) is 3.78. The van der Waals surface area contributed by atoms with Gasteiger partial charge in [-0.3, -0.25) is 4.79 Å². The second kappa shape index (κ2) is 8.62. The highest BCUT2D eigenvalue weighted by atomic mass is 32.2. The number of aromatic nitrogens is 5. The van der Waals surface area contributed by atoms with Crippen molar-refractivity contribution < 1.29 is 19.0 Å². The molecule has 0 amide bonds. The lowest BCUT2D eigenvalue weighted by molar-refractivity contribution is 0.102. The molecular formula is C23H21N5O4S. The van der Waals surface area contributed by atoms with Crippen LogP contribution in [0.25, 0.3) is 11.4 Å². The van der Waals surface area contributed by atoms with Crippen molar-refractivity contribution in [3.63, 3.8) is 0 Å². The first-order valence-electron chi connectivity index (χ1n) is 10.2. The molecule has 33 heavy (non-hydrogen) atoms. The number of fused-ring (bicyclic) bond motifs is 1. The number of para-hydroxylation sites is 2. The summed E-state index contributed by atoms with van der Waals surface area (Å²) in [4.78, 5) is 13.1. The minimum atomic E-state index is -0.00494. The first kappa shape index (κ1) is 21.1. The zero-order chi connectivity index (χ0) is 22.9. The van der Waals surface area contributed by atoms with E-state index in [2.05, 4.69) is 15.5 Å². The number of thioether (sulfide) groups is 1. The highest BCUT2D eigenvalue weighted by Gasteiger charge is 2.21. The molecule has 0 radical (unpaired) electrons. The lowest BCUT2D eigenvalue weighted by Crippen LogP contribution is -2.07. The number of carbonyl (C=O) groups excluding carboxylic acids is 1. The van der Waals surface area contributed by atoms with E-state index in [1.165, 1.54) is 11.8 Å². The van der Waals surface area contributed by atoms with Gasteiger partial charge in [0.15, 0.2) is 17.3 Å². The lowest BCUT2D eigenvalue weighted by Gasteiger charge is -2.11. The number of hydrogen-bond donors (Lipinski definition) is 0. The normalized spacial score (nSPS) is 12.2. The molecule has 0 saturated heterocycles. The summed E-state index contributed by atoms with van der Waals surface area (Å²) in [5.74, 6) is 2.26. The second-order valence-corrected chi connectivity index (χ2v) is 8.36. The van der Waals surface area contributed by atoms with Gasteiger partial charge < -0.3 is 18.8 Å². The van der Waals surface area contributed by atoms with Crippen LogP contribution in [0.4, 0.5) is 0 Å². The lowest BCUT2D eigenvalue weighted by atomic mass is 10.2. The number of tetrazole rings is 1. The predicted molar refractivity (Wildman–Crippen MR) is 122 cm³/mol. The van der Waals surface area contributed by atoms with Crippen LogP contribution < -0.4 is 14.2 Å². The Morgan fingerprint density at radius 3 is 2.79 bits per heavy atom. The molecule has 2 aromatic carbocycles. The first-order valence-corrected chi connectivity index (χ1v) is 11.2. The van der Waals surface area contributed by atoms with Gasteiger partial charge in [-0.25, -0.2) is 0 Å². The summed E-state index contributed by atoms with van der Waals surface area (Å²) in [6.45, 7) is 4.13. The van der Waals surface area contributed by atoms with Crippen LogP contribution in [0.1, 0.15) is 21.7 Å². The Hall–Kier alpha value is -3.79. The molecule has 0 aliphatic carbocycles. The maximum atomic E-state index is 13.1. The molecular weight excluding hydrogens is 442 g/mol. The van der Waals surface area contributed by atoms with Crippen molar-refractivity contribution >= 4 is 17.5 Å². The Morgan fingerprint density at radius 1 is 1.12 bits per heavy atom. The van der Waals surface area contributed by atoms with Gasteiger partial charge in [0.2, 0.25) is 11.9 Å². The summed E-state index contributed by atoms with van der Waals surface area (Å²) >= 11 is 1.28. The molecule has 1 aliphatic rings. The zero-order valence-electron chi connectivity index (χ0n) is 18.3. The molecule has 5 rings (SSSR count). The van der Waals surface area contributed by atoms with Gasteiger partial charge in [-0.05, 0) is 54.6 Å². The fraction of sp³-hybridized carbons (Fsp3) is 0.217. The highest BCUT2D eigenvalue weighted by molar-refractivity contribution is 7.99. The van der Waals surface area contributed by atoms with E-state index < -0.39 is 0 Å². The number of aryl methyl sites for hydroxylation is 1. The third kappa shape index (κ3) is 3.82. The standard InChI is InChI=1S/C23H21N5O4S/c1-14-10-17(15(2)27(14)16-8-9-21-22(11-16)32-13-31-21)19(29)12-33-23-24-25-26-28(23)18-6-4-5-7-20(18)30-3/h4-11H,12-13H2,1-3H3. The molecule has 10 heteroatoms. The van der Waals surface area contributed by atoms with Crippen LogP contribution in [0.2, 0.25) is 0 Å². The number of nitrogens with zero attached hydrogens (tertiary/aromatic N) is 5. The van der Waals surface area contributed by atoms with Crippen LogP contribution in [-0.4, -0.2) is 50.2 Å². The molecule has 0 atom stereocenters. The third-order valence-electron chi connectivity index (χ3n) is 5.43. The second-order valence-electron chi connectivity index (χ2n) is 7.41. The van der Waals surface area contributed by atoms with Gasteiger partial charge in [0.1, 0.15) is 11.4 Å². The van der Waals surface area contributed by atoms with Crippen LogP contribution in [0.3, 0.4) is 0 Å². The van der Waals surface area contributed by atoms with Crippen LogP contribution in [0.15, 0.2) is 53.7 Å². The summed E-state index contributed by atoms with van der Waals surface area (Å²) in [5, 5.41) is 12.4. The van der Waals surface area contributed by atoms with Gasteiger partial charge in [0.25, 0.3) is 0 Å². The van der Waals surface area contributed by atoms with Gasteiger partial charge in [-0.2, -0.15) is 4.68 Å². The smallest absolute Gasteiger partial charge is 0.231 e. The van der Waals surface area contributed by atoms with E-state index in [-0.39, 0.29) is 18.3 Å². The summed E-state index contributed by atoms with van der Waals surface area (Å²) in [7, 11) is 1.59. The number of rotatable bonds is 7. The molecule has 0 fully saturated rings. The Balaban J connectivity index is 1.37. The monoisotopic (exact) mass is 463 g/mol. The van der Waals surface area contributed by atoms with Crippen molar-refractivity contribution in [3.8, 4) is 28.6 Å². The quantitative estimate of drug-likeness (QED) is 0.302. The Morgan fingerprint density at radius 2 is 1.94 bits per heavy atom. The number of ether oxygens (including phenoxy) is 3. The summed E-state index contributed by atoms with van der Waals surface area (Å²) < 4.78 is 19.9. The fourth-order valence-electron chi connectivity index (χ4n) is 3.90. The highest BCUT2D eigenvalue weighted by Crippen LogP contribution is 2.35. The average Bonchev–Trinajstić information content (AvgIpc) is 3.55. The SMILES string of the molecule is COc1ccccc1-n1nnnc1SCC(=O)c1cc(C)n(-c2ccc3c(c2)OCO3)c1C. The van der Waals surface area contributed by atoms with Crippen molar-refractivity contribution in [1.82, 2.24) is 24.8 Å². The number of hydrogen-bond acceptors (Lipinski definition) is 8. The number of benzene rings is 2. The van der Waals surface area contributed by atoms with Gasteiger partial charge in [-0.15, -0.1) is 5.10 Å². The van der Waals surface area contributed by atoms with E-state index in [1.54, 1.807) is 11.8 Å². The molecule has 168 valence electrons. The molecule has 2 aromatic heterocycles. The third-order valence-corrected chi connectivity index (χ3v) is 6.35. The molecule has 3 heterocycles. The number of Topliss-reactive ketones (excluding diaryl/α,β-unsaturated/α-hetero) is 1. The van der Waals surface area contributed by atoms with Crippen LogP contribution >= 0.6 is 11.8 Å². The van der Waals surface area contributed by atoms with E-state index in [0.717, 1.165) is 22.8 Å². The van der Waals surface area contributed by atoms with Crippen molar-refractivity contribution in [2.45, 2.75) is 19.0 Å². The Bertz CT molecular complexity index is 1350. The molecule has 0 spiro atoms. The van der Waals surface area contributed by atoms with Crippen molar-refractivity contribution in [2.75, 3.05) is 19.7 Å². The van der Waals surface area contributed by atoms with Gasteiger partial charge in [-0.1, -0.05) is 23.9 Å². The average molecular weight is 464 g/mol. The van der Waals surface area contributed by atoms with Crippen molar-refractivity contribution in [2.24, 2.45) is 0 Å². The number of carbonyl (C=O) groups is 1. The molecule has 0 N–H and O–H groups in total. The van der Waals surface area contributed by atoms with E-state index in [9.17, 15) is 4.79 Å². The molecule has 9 nitrogen and oxygen atoms in total. The van der Waals surface area contributed by atoms with Crippen molar-refractivity contribution in [3.05, 3.63) is 65.5 Å². The van der Waals surface area contributed by atoms with Gasteiger partial charge in [0, 0.05) is 28.7 Å². The van der Waals surface area contributed by atoms with Gasteiger partial charge in [0.05, 0.1) is 12.9 Å². The molecule has 0 unspecified atom stereocenters. The van der Waals surface area contributed by atoms with Crippen LogP contribution in [0, 0.1) is 13.8 Å². The van der Waals surface area contributed by atoms with E-state index in [1.807, 2.05) is 66.9 Å². The Kier molecular flexibility index (Phi) is 5.51. The van der Waals surface area contributed by atoms with Gasteiger partial charge >= 0.3 is 0 Å². The molecule has 1 aliphatic heterocycles. The maximum Gasteiger partial charge on any atom is 0.231 e. The number of methoxy groups -OCH3 is 1. The maximum absolute atomic E-state index is 13.1. The largest absolute Gasteiger partial charge is 0.494 e. The van der Waals surface area contributed by atoms with Crippen LogP contribution in [-0.2, 0) is 0 Å². The summed E-state index contributed by atoms with van der Waals surface area (Å²) in [6, 6.07) is 15.1. The van der Waals surface area contributed by atoms with E-state index in [0.29, 0.717) is 27.9 Å². The molecule has 4 aromatic rings. The fourth-order valence-corrected chi connectivity index (χ4v) is 4.67. The first-order chi connectivity index (χ1) is 16.1. The Labute approximate surface area is 194 Å². The minimum absolute atomic E-state index is 0.00494. The van der Waals surface area contributed by atoms with E-state index in [4.69, 9.17) is 14.2 Å². The topological polar surface area (TPSA) is 93.3 Å². The molecule has 0 bridgehead atoms. The minimum Gasteiger partial charge on any atom is -0.494 e. The summed E-state index contributed by atoms with van der Waals surface area (Å²) in [6.07, 6.45) is 0. The zero-order valence-corrected chi connectivity index (χ0v) is 19.1. The summed E-state index contributed by atoms with van der Waals surface area (Å²) in [5.41, 5.74) is 4.11. The van der Waals surface area contributed by atoms with E-state index >= 15 is 0 Å². The number of ketones is 1. The van der Waals surface area contributed by atoms with Crippen LogP contribution in [0.5, 0.6) is 17.2 Å². The molecule has 0 saturated carbocycles.